The second-order valence-electron chi connectivity index (χ2n) is 11.3. The van der Waals surface area contributed by atoms with Crippen molar-refractivity contribution in [3.8, 4) is 11.1 Å². The predicted octanol–water partition coefficient (Wildman–Crippen LogP) is 3.69. The molecular formula is C34H46N4O5. The number of aliphatic hydroxyl groups is 2. The molecule has 3 aromatic rings. The second kappa shape index (κ2) is 15.3. The van der Waals surface area contributed by atoms with Crippen molar-refractivity contribution in [1.82, 2.24) is 15.2 Å². The van der Waals surface area contributed by atoms with E-state index in [0.29, 0.717) is 36.8 Å². The van der Waals surface area contributed by atoms with Gasteiger partial charge in [-0.1, -0.05) is 24.3 Å². The van der Waals surface area contributed by atoms with Gasteiger partial charge in [0.05, 0.1) is 13.2 Å². The summed E-state index contributed by atoms with van der Waals surface area (Å²) in [6.45, 7) is 12.0. The van der Waals surface area contributed by atoms with Crippen LogP contribution in [0.15, 0.2) is 47.3 Å². The fourth-order valence-electron chi connectivity index (χ4n) is 6.00. The number of hydrogen-bond acceptors (Lipinski definition) is 7. The summed E-state index contributed by atoms with van der Waals surface area (Å²) in [7, 11) is 0. The molecule has 4 rings (SSSR count). The number of carbonyl (C=O) groups excluding carboxylic acids is 1. The molecule has 0 saturated carbocycles. The van der Waals surface area contributed by atoms with Gasteiger partial charge in [-0.3, -0.25) is 14.5 Å². The van der Waals surface area contributed by atoms with E-state index in [1.807, 2.05) is 37.8 Å². The number of amides is 1. The fraction of sp³-hybridized carbons (Fsp3) is 0.471. The van der Waals surface area contributed by atoms with Gasteiger partial charge < -0.3 is 30.2 Å². The molecule has 2 aromatic carbocycles. The third-order valence-corrected chi connectivity index (χ3v) is 8.35. The van der Waals surface area contributed by atoms with Crippen molar-refractivity contribution in [1.29, 1.82) is 0 Å². The van der Waals surface area contributed by atoms with Gasteiger partial charge >= 0.3 is 0 Å². The van der Waals surface area contributed by atoms with Gasteiger partial charge in [-0.15, -0.1) is 0 Å². The minimum Gasteiger partial charge on any atom is -0.395 e. The van der Waals surface area contributed by atoms with Crippen molar-refractivity contribution >= 4 is 11.6 Å². The summed E-state index contributed by atoms with van der Waals surface area (Å²) in [4.78, 5) is 33.6. The third kappa shape index (κ3) is 8.12. The molecule has 1 aromatic heterocycles. The Bertz CT molecular complexity index is 1420. The zero-order valence-electron chi connectivity index (χ0n) is 25.9. The van der Waals surface area contributed by atoms with Gasteiger partial charge in [0.1, 0.15) is 0 Å². The smallest absolute Gasteiger partial charge is 0.253 e. The Morgan fingerprint density at radius 3 is 2.28 bits per heavy atom. The highest BCUT2D eigenvalue weighted by molar-refractivity contribution is 5.99. The molecule has 0 bridgehead atoms. The quantitative estimate of drug-likeness (QED) is 0.240. The number of aryl methyl sites for hydroxylation is 2. The minimum absolute atomic E-state index is 0.0357. The molecule has 0 spiro atoms. The number of rotatable bonds is 13. The van der Waals surface area contributed by atoms with Crippen LogP contribution >= 0.6 is 0 Å². The van der Waals surface area contributed by atoms with Crippen molar-refractivity contribution in [2.75, 3.05) is 51.0 Å². The summed E-state index contributed by atoms with van der Waals surface area (Å²) in [6.07, 6.45) is 1.86. The number of nitrogens with zero attached hydrogens (tertiary/aromatic N) is 2. The van der Waals surface area contributed by atoms with E-state index in [4.69, 9.17) is 4.74 Å². The summed E-state index contributed by atoms with van der Waals surface area (Å²) in [6, 6.07) is 14.6. The number of pyridine rings is 1. The molecule has 4 N–H and O–H groups in total. The summed E-state index contributed by atoms with van der Waals surface area (Å²) in [5.41, 5.74) is 7.53. The van der Waals surface area contributed by atoms with E-state index < -0.39 is 0 Å². The summed E-state index contributed by atoms with van der Waals surface area (Å²) in [5, 5.41) is 21.7. The van der Waals surface area contributed by atoms with Crippen molar-refractivity contribution in [3.05, 3.63) is 86.3 Å². The molecule has 0 aliphatic carbocycles. The summed E-state index contributed by atoms with van der Waals surface area (Å²) < 4.78 is 5.64. The SMILES string of the molecule is CCN(c1cc(-c2ccc(CN(CCO)CCO)cc2)cc(C(=O)NCc2c(C)cc(C)[nH]c2=O)c1C)C1CCOCC1. The first-order chi connectivity index (χ1) is 20.7. The Morgan fingerprint density at radius 1 is 1.00 bits per heavy atom. The normalized spacial score (nSPS) is 13.8. The Balaban J connectivity index is 1.69. The Kier molecular flexibility index (Phi) is 11.5. The molecule has 0 unspecified atom stereocenters. The first kappa shape index (κ1) is 32.4. The van der Waals surface area contributed by atoms with Crippen LogP contribution in [-0.4, -0.2) is 78.1 Å². The van der Waals surface area contributed by atoms with Crippen molar-refractivity contribution in [2.24, 2.45) is 0 Å². The Hall–Kier alpha value is -3.50. The molecule has 1 fully saturated rings. The van der Waals surface area contributed by atoms with Crippen LogP contribution in [0.2, 0.25) is 0 Å². The Labute approximate surface area is 254 Å². The van der Waals surface area contributed by atoms with E-state index in [2.05, 4.69) is 52.5 Å². The van der Waals surface area contributed by atoms with E-state index in [-0.39, 0.29) is 31.2 Å². The van der Waals surface area contributed by atoms with Gasteiger partial charge in [0, 0.05) is 74.5 Å². The molecule has 1 saturated heterocycles. The first-order valence-corrected chi connectivity index (χ1v) is 15.3. The van der Waals surface area contributed by atoms with Crippen LogP contribution in [-0.2, 0) is 17.8 Å². The standard InChI is InChI=1S/C34H46N4O5/c1-5-38(29-10-16-43-17-11-29)32-20-28(27-8-6-26(7-9-27)22-37(12-14-39)13-15-40)19-30(25(32)4)33(41)35-21-31-23(2)18-24(3)36-34(31)42/h6-9,18-20,29,39-40H,5,10-17,21-22H2,1-4H3,(H,35,41)(H,36,42). The summed E-state index contributed by atoms with van der Waals surface area (Å²) >= 11 is 0. The van der Waals surface area contributed by atoms with Gasteiger partial charge in [-0.05, 0) is 86.6 Å². The van der Waals surface area contributed by atoms with E-state index in [1.54, 1.807) is 0 Å². The maximum atomic E-state index is 13.7. The van der Waals surface area contributed by atoms with E-state index >= 15 is 0 Å². The van der Waals surface area contributed by atoms with Crippen LogP contribution in [0.3, 0.4) is 0 Å². The van der Waals surface area contributed by atoms with Crippen LogP contribution in [0.25, 0.3) is 11.1 Å². The summed E-state index contributed by atoms with van der Waals surface area (Å²) in [5.74, 6) is -0.219. The van der Waals surface area contributed by atoms with E-state index in [9.17, 15) is 19.8 Å². The highest BCUT2D eigenvalue weighted by atomic mass is 16.5. The van der Waals surface area contributed by atoms with Crippen LogP contribution in [0, 0.1) is 20.8 Å². The first-order valence-electron chi connectivity index (χ1n) is 15.3. The number of carbonyl (C=O) groups is 1. The lowest BCUT2D eigenvalue weighted by atomic mass is 9.94. The van der Waals surface area contributed by atoms with Crippen LogP contribution in [0.5, 0.6) is 0 Å². The third-order valence-electron chi connectivity index (χ3n) is 8.35. The lowest BCUT2D eigenvalue weighted by Gasteiger charge is -2.37. The highest BCUT2D eigenvalue weighted by Gasteiger charge is 2.25. The molecule has 2 heterocycles. The molecule has 9 nitrogen and oxygen atoms in total. The number of benzene rings is 2. The lowest BCUT2D eigenvalue weighted by Crippen LogP contribution is -2.40. The second-order valence-corrected chi connectivity index (χ2v) is 11.3. The average molecular weight is 591 g/mol. The number of aromatic amines is 1. The van der Waals surface area contributed by atoms with E-state index in [0.717, 1.165) is 71.8 Å². The number of anilines is 1. The van der Waals surface area contributed by atoms with E-state index in [1.165, 1.54) is 0 Å². The van der Waals surface area contributed by atoms with Crippen molar-refractivity contribution < 1.29 is 19.7 Å². The highest BCUT2D eigenvalue weighted by Crippen LogP contribution is 2.34. The number of hydrogen-bond donors (Lipinski definition) is 4. The monoisotopic (exact) mass is 590 g/mol. The molecular weight excluding hydrogens is 544 g/mol. The predicted molar refractivity (Wildman–Crippen MR) is 171 cm³/mol. The topological polar surface area (TPSA) is 118 Å². The van der Waals surface area contributed by atoms with Gasteiger partial charge in [0.15, 0.2) is 0 Å². The molecule has 0 radical (unpaired) electrons. The van der Waals surface area contributed by atoms with Crippen LogP contribution < -0.4 is 15.8 Å². The zero-order chi connectivity index (χ0) is 30.9. The molecule has 43 heavy (non-hydrogen) atoms. The molecule has 232 valence electrons. The average Bonchev–Trinajstić information content (AvgIpc) is 2.99. The molecule has 1 aliphatic rings. The molecule has 0 atom stereocenters. The zero-order valence-corrected chi connectivity index (χ0v) is 25.9. The maximum Gasteiger partial charge on any atom is 0.253 e. The van der Waals surface area contributed by atoms with Crippen LogP contribution in [0.4, 0.5) is 5.69 Å². The van der Waals surface area contributed by atoms with Gasteiger partial charge in [0.25, 0.3) is 11.5 Å². The number of aliphatic hydroxyl groups excluding tert-OH is 2. The molecule has 1 amide bonds. The lowest BCUT2D eigenvalue weighted by molar-refractivity contribution is 0.0846. The fourth-order valence-corrected chi connectivity index (χ4v) is 6.00. The maximum absolute atomic E-state index is 13.7. The van der Waals surface area contributed by atoms with Gasteiger partial charge in [0.2, 0.25) is 0 Å². The number of H-pyrrole nitrogens is 1. The van der Waals surface area contributed by atoms with Crippen LogP contribution in [0.1, 0.15) is 58.1 Å². The van der Waals surface area contributed by atoms with Gasteiger partial charge in [-0.25, -0.2) is 0 Å². The van der Waals surface area contributed by atoms with Crippen molar-refractivity contribution in [3.63, 3.8) is 0 Å². The molecule has 1 aliphatic heterocycles. The largest absolute Gasteiger partial charge is 0.395 e. The molecule has 9 heteroatoms. The number of ether oxygens (including phenoxy) is 1. The minimum atomic E-state index is -0.219. The number of aromatic nitrogens is 1. The van der Waals surface area contributed by atoms with Crippen molar-refractivity contribution in [2.45, 2.75) is 59.7 Å². The Morgan fingerprint density at radius 2 is 1.67 bits per heavy atom. The van der Waals surface area contributed by atoms with Gasteiger partial charge in [-0.2, -0.15) is 0 Å². The number of nitrogens with one attached hydrogen (secondary N) is 2.